The van der Waals surface area contributed by atoms with Crippen molar-refractivity contribution in [2.45, 2.75) is 88.0 Å². The van der Waals surface area contributed by atoms with Gasteiger partial charge in [0, 0.05) is 52.5 Å². The molecule has 2 saturated carbocycles. The van der Waals surface area contributed by atoms with Crippen LogP contribution in [-0.2, 0) is 28.5 Å². The van der Waals surface area contributed by atoms with Gasteiger partial charge >= 0.3 is 0 Å². The van der Waals surface area contributed by atoms with Crippen LogP contribution in [0.2, 0.25) is 0 Å². The van der Waals surface area contributed by atoms with Crippen molar-refractivity contribution in [2.24, 2.45) is 23.7 Å². The van der Waals surface area contributed by atoms with E-state index in [9.17, 15) is 9.59 Å². The lowest BCUT2D eigenvalue weighted by Gasteiger charge is -2.55. The second kappa shape index (κ2) is 11.9. The summed E-state index contributed by atoms with van der Waals surface area (Å²) in [5.74, 6) is 1.33. The summed E-state index contributed by atoms with van der Waals surface area (Å²) in [6.45, 7) is 7.72. The Morgan fingerprint density at radius 3 is 2.67 bits per heavy atom. The molecule has 11 atom stereocenters. The number of carbonyl (C=O) groups is 2. The van der Waals surface area contributed by atoms with E-state index in [0.717, 1.165) is 77.9 Å². The SMILES string of the molecule is COC1CCC2C3NCCC4C5CC(O[C@H](C)C(=O)NCCN6CCOCC6)CCC5N(C(=O)C2C1OC)C43. The van der Waals surface area contributed by atoms with Gasteiger partial charge in [0.25, 0.3) is 0 Å². The first-order chi connectivity index (χ1) is 19.0. The number of morpholine rings is 1. The van der Waals surface area contributed by atoms with Crippen molar-refractivity contribution in [3.05, 3.63) is 0 Å². The van der Waals surface area contributed by atoms with E-state index in [-0.39, 0.29) is 48.1 Å². The molecule has 0 spiro atoms. The van der Waals surface area contributed by atoms with Crippen LogP contribution >= 0.6 is 0 Å². The summed E-state index contributed by atoms with van der Waals surface area (Å²) in [5, 5.41) is 6.91. The molecule has 4 aliphatic heterocycles. The summed E-state index contributed by atoms with van der Waals surface area (Å²) in [4.78, 5) is 31.6. The molecule has 6 rings (SSSR count). The number of ether oxygens (including phenoxy) is 4. The molecule has 0 bridgehead atoms. The predicted octanol–water partition coefficient (Wildman–Crippen LogP) is 0.636. The maximum Gasteiger partial charge on any atom is 0.248 e. The molecule has 10 unspecified atom stereocenters. The lowest BCUT2D eigenvalue weighted by molar-refractivity contribution is -0.175. The molecular formula is C29H48N4O6. The van der Waals surface area contributed by atoms with E-state index >= 15 is 0 Å². The summed E-state index contributed by atoms with van der Waals surface area (Å²) in [7, 11) is 3.46. The van der Waals surface area contributed by atoms with Crippen molar-refractivity contribution in [2.75, 3.05) is 60.2 Å². The summed E-state index contributed by atoms with van der Waals surface area (Å²) < 4.78 is 23.5. The van der Waals surface area contributed by atoms with E-state index < -0.39 is 6.10 Å². The van der Waals surface area contributed by atoms with Crippen molar-refractivity contribution in [3.8, 4) is 0 Å². The number of nitrogens with one attached hydrogen (secondary N) is 2. The van der Waals surface area contributed by atoms with Gasteiger partial charge in [-0.15, -0.1) is 0 Å². The van der Waals surface area contributed by atoms with Crippen LogP contribution in [0.5, 0.6) is 0 Å². The molecule has 4 heterocycles. The highest BCUT2D eigenvalue weighted by atomic mass is 16.5. The molecule has 6 fully saturated rings. The summed E-state index contributed by atoms with van der Waals surface area (Å²) >= 11 is 0. The molecule has 2 N–H and O–H groups in total. The van der Waals surface area contributed by atoms with Crippen LogP contribution in [0.1, 0.15) is 45.4 Å². The van der Waals surface area contributed by atoms with E-state index in [1.165, 1.54) is 0 Å². The van der Waals surface area contributed by atoms with Gasteiger partial charge in [0.15, 0.2) is 0 Å². The fraction of sp³-hybridized carbons (Fsp3) is 0.931. The first-order valence-electron chi connectivity index (χ1n) is 15.4. The first kappa shape index (κ1) is 27.8. The molecule has 2 amide bonds. The van der Waals surface area contributed by atoms with Gasteiger partial charge in [0.1, 0.15) is 6.10 Å². The number of nitrogens with zero attached hydrogens (tertiary/aromatic N) is 2. The molecule has 0 aromatic heterocycles. The van der Waals surface area contributed by atoms with Gasteiger partial charge < -0.3 is 34.5 Å². The molecule has 2 aliphatic carbocycles. The third kappa shape index (κ3) is 5.14. The summed E-state index contributed by atoms with van der Waals surface area (Å²) in [6, 6.07) is 0.843. The quantitative estimate of drug-likeness (QED) is 0.456. The van der Waals surface area contributed by atoms with Crippen LogP contribution in [0, 0.1) is 23.7 Å². The molecular weight excluding hydrogens is 500 g/mol. The molecule has 4 saturated heterocycles. The zero-order valence-electron chi connectivity index (χ0n) is 23.9. The molecule has 6 aliphatic rings. The highest BCUT2D eigenvalue weighted by molar-refractivity contribution is 5.83. The minimum absolute atomic E-state index is 0.0276. The number of piperidine rings is 2. The Morgan fingerprint density at radius 2 is 1.90 bits per heavy atom. The van der Waals surface area contributed by atoms with Crippen molar-refractivity contribution in [3.63, 3.8) is 0 Å². The first-order valence-corrected chi connectivity index (χ1v) is 15.4. The molecule has 39 heavy (non-hydrogen) atoms. The Morgan fingerprint density at radius 1 is 1.08 bits per heavy atom. The Labute approximate surface area is 232 Å². The number of rotatable bonds is 8. The average molecular weight is 549 g/mol. The van der Waals surface area contributed by atoms with Crippen molar-refractivity contribution < 1.29 is 28.5 Å². The van der Waals surface area contributed by atoms with Gasteiger partial charge in [0.05, 0.1) is 43.5 Å². The maximum absolute atomic E-state index is 14.2. The third-order valence-electron chi connectivity index (χ3n) is 10.8. The van der Waals surface area contributed by atoms with Crippen LogP contribution in [0.15, 0.2) is 0 Å². The van der Waals surface area contributed by atoms with E-state index in [1.807, 2.05) is 6.92 Å². The van der Waals surface area contributed by atoms with Gasteiger partial charge in [-0.1, -0.05) is 0 Å². The lowest BCUT2D eigenvalue weighted by atomic mass is 9.64. The Balaban J connectivity index is 1.09. The zero-order valence-corrected chi connectivity index (χ0v) is 23.9. The number of amides is 2. The lowest BCUT2D eigenvalue weighted by Crippen LogP contribution is -2.70. The van der Waals surface area contributed by atoms with Crippen molar-refractivity contribution in [1.82, 2.24) is 20.4 Å². The Hall–Kier alpha value is -1.30. The number of methoxy groups -OCH3 is 2. The zero-order chi connectivity index (χ0) is 27.1. The molecule has 10 heteroatoms. The van der Waals surface area contributed by atoms with Crippen molar-refractivity contribution in [1.29, 1.82) is 0 Å². The van der Waals surface area contributed by atoms with Crippen molar-refractivity contribution >= 4 is 11.8 Å². The molecule has 220 valence electrons. The Bertz CT molecular complexity index is 886. The third-order valence-corrected chi connectivity index (χ3v) is 10.8. The van der Waals surface area contributed by atoms with E-state index in [4.69, 9.17) is 18.9 Å². The number of fused-ring (bicyclic) bond motifs is 5. The van der Waals surface area contributed by atoms with Gasteiger partial charge in [0.2, 0.25) is 11.8 Å². The highest BCUT2D eigenvalue weighted by Gasteiger charge is 2.64. The molecule has 0 aromatic rings. The van der Waals surface area contributed by atoms with E-state index in [0.29, 0.717) is 30.3 Å². The van der Waals surface area contributed by atoms with Gasteiger partial charge in [-0.2, -0.15) is 0 Å². The van der Waals surface area contributed by atoms with Gasteiger partial charge in [-0.05, 0) is 69.7 Å². The molecule has 0 radical (unpaired) electrons. The van der Waals surface area contributed by atoms with Crippen LogP contribution in [0.4, 0.5) is 0 Å². The second-order valence-electron chi connectivity index (χ2n) is 12.6. The number of hydrogen-bond acceptors (Lipinski definition) is 8. The van der Waals surface area contributed by atoms with Crippen LogP contribution in [-0.4, -0.2) is 124 Å². The minimum Gasteiger partial charge on any atom is -0.379 e. The summed E-state index contributed by atoms with van der Waals surface area (Å²) in [5.41, 5.74) is 0. The topological polar surface area (TPSA) is 102 Å². The predicted molar refractivity (Wildman–Crippen MR) is 144 cm³/mol. The second-order valence-corrected chi connectivity index (χ2v) is 12.6. The van der Waals surface area contributed by atoms with Crippen LogP contribution < -0.4 is 10.6 Å². The maximum atomic E-state index is 14.2. The molecule has 10 nitrogen and oxygen atoms in total. The smallest absolute Gasteiger partial charge is 0.248 e. The fourth-order valence-electron chi connectivity index (χ4n) is 9.12. The monoisotopic (exact) mass is 548 g/mol. The number of hydrogen-bond donors (Lipinski definition) is 2. The largest absolute Gasteiger partial charge is 0.379 e. The number of carbonyl (C=O) groups excluding carboxylic acids is 2. The minimum atomic E-state index is -0.473. The normalized spacial score (nSPS) is 42.8. The van der Waals surface area contributed by atoms with Gasteiger partial charge in [-0.3, -0.25) is 14.5 Å². The van der Waals surface area contributed by atoms with E-state index in [2.05, 4.69) is 20.4 Å². The van der Waals surface area contributed by atoms with Crippen LogP contribution in [0.3, 0.4) is 0 Å². The standard InChI is InChI=1S/C29H48N4O6/c1-17(28(34)31-10-11-32-12-14-38-15-13-32)39-18-4-6-22-21(16-18)19-8-9-30-25-20-5-7-23(36-2)27(37-3)24(20)29(35)33(22)26(19)25/h17-27,30H,4-16H2,1-3H3,(H,31,34)/t17-,18?,19?,20?,21?,22?,23?,24?,25?,26?,27?/m1/s1. The van der Waals surface area contributed by atoms with Crippen LogP contribution in [0.25, 0.3) is 0 Å². The fourth-order valence-corrected chi connectivity index (χ4v) is 9.12. The van der Waals surface area contributed by atoms with Gasteiger partial charge in [-0.25, -0.2) is 0 Å². The highest BCUT2D eigenvalue weighted by Crippen LogP contribution is 2.54. The molecule has 0 aromatic carbocycles. The Kier molecular flexibility index (Phi) is 8.50. The summed E-state index contributed by atoms with van der Waals surface area (Å²) in [6.07, 6.45) is 5.16. The van der Waals surface area contributed by atoms with E-state index in [1.54, 1.807) is 14.2 Å². The average Bonchev–Trinajstić information content (AvgIpc) is 3.30.